The Kier molecular flexibility index (Phi) is 3.64. The molecule has 1 aliphatic rings. The van der Waals surface area contributed by atoms with E-state index in [9.17, 15) is 5.11 Å². The van der Waals surface area contributed by atoms with Gasteiger partial charge in [0.15, 0.2) is 0 Å². The van der Waals surface area contributed by atoms with E-state index in [0.29, 0.717) is 5.75 Å². The largest absolute Gasteiger partial charge is 0.507 e. The summed E-state index contributed by atoms with van der Waals surface area (Å²) in [5, 5.41) is 18.1. The summed E-state index contributed by atoms with van der Waals surface area (Å²) in [7, 11) is 0. The fourth-order valence-corrected chi connectivity index (χ4v) is 5.06. The van der Waals surface area contributed by atoms with Gasteiger partial charge in [-0.3, -0.25) is 0 Å². The zero-order valence-corrected chi connectivity index (χ0v) is 16.3. The van der Waals surface area contributed by atoms with Gasteiger partial charge in [-0.25, -0.2) is 0 Å². The van der Waals surface area contributed by atoms with Crippen LogP contribution in [0.4, 0.5) is 0 Å². The van der Waals surface area contributed by atoms with E-state index < -0.39 is 0 Å². The molecule has 0 fully saturated rings. The van der Waals surface area contributed by atoms with Crippen molar-refractivity contribution in [2.45, 2.75) is 25.7 Å². The first-order valence-electron chi connectivity index (χ1n) is 10.5. The first-order valence-corrected chi connectivity index (χ1v) is 10.5. The normalized spacial score (nSPS) is 13.8. The lowest BCUT2D eigenvalue weighted by atomic mass is 9.86. The number of hydrogen-bond acceptors (Lipinski definition) is 1. The summed E-state index contributed by atoms with van der Waals surface area (Å²) in [4.78, 5) is 0. The molecular formula is C28H22O. The van der Waals surface area contributed by atoms with E-state index in [0.717, 1.165) is 21.9 Å². The molecule has 0 saturated heterocycles. The van der Waals surface area contributed by atoms with Gasteiger partial charge in [0, 0.05) is 10.9 Å². The van der Waals surface area contributed by atoms with Crippen LogP contribution in [0.5, 0.6) is 5.75 Å². The van der Waals surface area contributed by atoms with Crippen LogP contribution in [0.3, 0.4) is 0 Å². The van der Waals surface area contributed by atoms with Gasteiger partial charge in [0.05, 0.1) is 0 Å². The molecule has 0 radical (unpaired) electrons. The lowest BCUT2D eigenvalue weighted by Gasteiger charge is -2.19. The van der Waals surface area contributed by atoms with E-state index >= 15 is 0 Å². The van der Waals surface area contributed by atoms with Crippen molar-refractivity contribution in [3.63, 3.8) is 0 Å². The van der Waals surface area contributed by atoms with Crippen molar-refractivity contribution in [3.8, 4) is 16.9 Å². The molecule has 1 aliphatic carbocycles. The van der Waals surface area contributed by atoms with Gasteiger partial charge in [0.2, 0.25) is 0 Å². The van der Waals surface area contributed by atoms with Crippen LogP contribution >= 0.6 is 0 Å². The molecule has 1 heteroatoms. The third-order valence-electron chi connectivity index (χ3n) is 6.56. The maximum atomic E-state index is 10.9. The summed E-state index contributed by atoms with van der Waals surface area (Å²) in [5.74, 6) is 0.359. The van der Waals surface area contributed by atoms with Crippen molar-refractivity contribution in [1.82, 2.24) is 0 Å². The van der Waals surface area contributed by atoms with Gasteiger partial charge in [-0.05, 0) is 75.4 Å². The van der Waals surface area contributed by atoms with Gasteiger partial charge in [-0.1, -0.05) is 72.8 Å². The summed E-state index contributed by atoms with van der Waals surface area (Å²) in [6, 6.07) is 27.8. The molecule has 0 spiro atoms. The highest BCUT2D eigenvalue weighted by Crippen LogP contribution is 2.39. The van der Waals surface area contributed by atoms with E-state index in [-0.39, 0.29) is 0 Å². The minimum atomic E-state index is 0.359. The predicted molar refractivity (Wildman–Crippen MR) is 123 cm³/mol. The fraction of sp³-hybridized carbons (Fsp3) is 0.143. The Morgan fingerprint density at radius 1 is 0.586 bits per heavy atom. The Morgan fingerprint density at radius 2 is 1.38 bits per heavy atom. The summed E-state index contributed by atoms with van der Waals surface area (Å²) in [6.45, 7) is 0. The van der Waals surface area contributed by atoms with Gasteiger partial charge in [-0.2, -0.15) is 0 Å². The van der Waals surface area contributed by atoms with E-state index in [2.05, 4.69) is 48.5 Å². The summed E-state index contributed by atoms with van der Waals surface area (Å²) in [5.41, 5.74) is 5.02. The van der Waals surface area contributed by atoms with Crippen molar-refractivity contribution >= 4 is 32.3 Å². The molecule has 0 atom stereocenters. The molecule has 140 valence electrons. The maximum Gasteiger partial charge on any atom is 0.131 e. The molecule has 1 nitrogen and oxygen atoms in total. The Morgan fingerprint density at radius 3 is 2.34 bits per heavy atom. The third kappa shape index (κ3) is 2.54. The summed E-state index contributed by atoms with van der Waals surface area (Å²) < 4.78 is 0. The van der Waals surface area contributed by atoms with Crippen molar-refractivity contribution in [2.75, 3.05) is 0 Å². The molecular weight excluding hydrogens is 352 g/mol. The van der Waals surface area contributed by atoms with Gasteiger partial charge < -0.3 is 5.11 Å². The number of fused-ring (bicyclic) bond motifs is 6. The van der Waals surface area contributed by atoms with Crippen molar-refractivity contribution in [3.05, 3.63) is 90.0 Å². The highest BCUT2D eigenvalue weighted by atomic mass is 16.3. The highest BCUT2D eigenvalue weighted by molar-refractivity contribution is 6.10. The minimum Gasteiger partial charge on any atom is -0.507 e. The molecule has 0 bridgehead atoms. The van der Waals surface area contributed by atoms with Crippen LogP contribution in [0.1, 0.15) is 24.0 Å². The van der Waals surface area contributed by atoms with Crippen LogP contribution in [-0.2, 0) is 12.8 Å². The number of phenolic OH excluding ortho intramolecular Hbond substituents is 1. The van der Waals surface area contributed by atoms with Crippen molar-refractivity contribution in [2.24, 2.45) is 0 Å². The van der Waals surface area contributed by atoms with Gasteiger partial charge in [0.1, 0.15) is 5.75 Å². The zero-order valence-electron chi connectivity index (χ0n) is 16.3. The summed E-state index contributed by atoms with van der Waals surface area (Å²) >= 11 is 0. The van der Waals surface area contributed by atoms with Crippen LogP contribution in [0, 0.1) is 0 Å². The van der Waals surface area contributed by atoms with Crippen LogP contribution in [0.2, 0.25) is 0 Å². The van der Waals surface area contributed by atoms with E-state index in [1.165, 1.54) is 52.8 Å². The van der Waals surface area contributed by atoms with E-state index in [1.807, 2.05) is 30.3 Å². The Labute approximate surface area is 170 Å². The Hall–Kier alpha value is -3.32. The molecule has 0 aliphatic heterocycles. The number of rotatable bonds is 1. The second-order valence-electron chi connectivity index (χ2n) is 8.19. The molecule has 5 aromatic rings. The SMILES string of the molecule is Oc1c(-c2ccc3c(ccc4c5c(ccc43)CCCC5)c2)ccc2ccccc12. The topological polar surface area (TPSA) is 20.2 Å². The number of hydrogen-bond donors (Lipinski definition) is 1. The van der Waals surface area contributed by atoms with Crippen molar-refractivity contribution in [1.29, 1.82) is 0 Å². The van der Waals surface area contributed by atoms with E-state index in [1.54, 1.807) is 5.56 Å². The van der Waals surface area contributed by atoms with E-state index in [4.69, 9.17) is 0 Å². The molecule has 0 unspecified atom stereocenters. The smallest absolute Gasteiger partial charge is 0.131 e. The first-order chi connectivity index (χ1) is 14.3. The minimum absolute atomic E-state index is 0.359. The number of aryl methyl sites for hydroxylation is 2. The molecule has 5 aromatic carbocycles. The second kappa shape index (κ2) is 6.35. The second-order valence-corrected chi connectivity index (χ2v) is 8.19. The average molecular weight is 374 g/mol. The molecule has 1 N–H and O–H groups in total. The third-order valence-corrected chi connectivity index (χ3v) is 6.56. The molecule has 0 aromatic heterocycles. The Balaban J connectivity index is 1.55. The first kappa shape index (κ1) is 16.6. The standard InChI is InChI=1S/C28H22O/c29-28-24-8-4-2-6-19(24)9-14-25(28)21-11-13-23-20(17-21)12-16-26-22-7-3-1-5-18(22)10-15-27(23)26/h2,4,6,8-17,29H,1,3,5,7H2. The summed E-state index contributed by atoms with van der Waals surface area (Å²) in [6.07, 6.45) is 5.01. The van der Waals surface area contributed by atoms with Crippen LogP contribution in [0.15, 0.2) is 78.9 Å². The van der Waals surface area contributed by atoms with Crippen molar-refractivity contribution < 1.29 is 5.11 Å². The van der Waals surface area contributed by atoms with Gasteiger partial charge in [-0.15, -0.1) is 0 Å². The fourth-order valence-electron chi connectivity index (χ4n) is 5.06. The average Bonchev–Trinajstić information content (AvgIpc) is 2.78. The molecule has 0 heterocycles. The van der Waals surface area contributed by atoms with Crippen LogP contribution < -0.4 is 0 Å². The quantitative estimate of drug-likeness (QED) is 0.303. The lowest BCUT2D eigenvalue weighted by Crippen LogP contribution is -2.03. The van der Waals surface area contributed by atoms with Gasteiger partial charge in [0.25, 0.3) is 0 Å². The maximum absolute atomic E-state index is 10.9. The highest BCUT2D eigenvalue weighted by Gasteiger charge is 2.14. The molecule has 6 rings (SSSR count). The monoisotopic (exact) mass is 374 g/mol. The number of benzene rings is 5. The predicted octanol–water partition coefficient (Wildman–Crippen LogP) is 7.40. The van der Waals surface area contributed by atoms with Gasteiger partial charge >= 0.3 is 0 Å². The number of phenols is 1. The molecule has 0 saturated carbocycles. The Bertz CT molecular complexity index is 1410. The lowest BCUT2D eigenvalue weighted by molar-refractivity contribution is 0.483. The van der Waals surface area contributed by atoms with Crippen LogP contribution in [0.25, 0.3) is 43.4 Å². The van der Waals surface area contributed by atoms with Crippen LogP contribution in [-0.4, -0.2) is 5.11 Å². The number of aromatic hydroxyl groups is 1. The zero-order chi connectivity index (χ0) is 19.4. The molecule has 0 amide bonds. The molecule has 29 heavy (non-hydrogen) atoms.